The summed E-state index contributed by atoms with van der Waals surface area (Å²) in [5.41, 5.74) is 2.06. The molecule has 0 spiro atoms. The number of carbonyl (C=O) groups excluding carboxylic acids is 1. The van der Waals surface area contributed by atoms with Gasteiger partial charge in [-0.1, -0.05) is 41.9 Å². The fourth-order valence-electron chi connectivity index (χ4n) is 2.00. The van der Waals surface area contributed by atoms with Crippen LogP contribution in [-0.4, -0.2) is 9.93 Å². The zero-order valence-corrected chi connectivity index (χ0v) is 12.5. The minimum atomic E-state index is -0.381. The van der Waals surface area contributed by atoms with E-state index in [4.69, 9.17) is 4.74 Å². The van der Waals surface area contributed by atoms with Gasteiger partial charge in [0.25, 0.3) is 5.56 Å². The van der Waals surface area contributed by atoms with E-state index in [1.165, 1.54) is 17.6 Å². The smallest absolute Gasteiger partial charge is 0.338 e. The van der Waals surface area contributed by atoms with Gasteiger partial charge in [0.2, 0.25) is 0 Å². The van der Waals surface area contributed by atoms with Gasteiger partial charge in [-0.05, 0) is 29.8 Å². The van der Waals surface area contributed by atoms with E-state index in [2.05, 4.69) is 0 Å². The highest BCUT2D eigenvalue weighted by atomic mass is 32.1. The van der Waals surface area contributed by atoms with Crippen LogP contribution in [0.2, 0.25) is 0 Å². The van der Waals surface area contributed by atoms with E-state index in [9.17, 15) is 9.59 Å². The molecule has 0 aliphatic rings. The third kappa shape index (κ3) is 3.15. The minimum absolute atomic E-state index is 0.0793. The highest BCUT2D eigenvalue weighted by Gasteiger charge is 2.08. The molecule has 3 aromatic rings. The first-order valence-electron chi connectivity index (χ1n) is 6.72. The van der Waals surface area contributed by atoms with Crippen molar-refractivity contribution in [1.82, 2.24) is 3.96 Å². The Morgan fingerprint density at radius 1 is 1.00 bits per heavy atom. The lowest BCUT2D eigenvalue weighted by molar-refractivity contribution is 0.0473. The highest BCUT2D eigenvalue weighted by Crippen LogP contribution is 2.12. The Labute approximate surface area is 131 Å². The average molecular weight is 311 g/mol. The topological polar surface area (TPSA) is 48.3 Å². The second-order valence-electron chi connectivity index (χ2n) is 4.65. The van der Waals surface area contributed by atoms with Gasteiger partial charge in [-0.25, -0.2) is 8.75 Å². The van der Waals surface area contributed by atoms with Gasteiger partial charge in [-0.3, -0.25) is 4.79 Å². The lowest BCUT2D eigenvalue weighted by atomic mass is 10.2. The highest BCUT2D eigenvalue weighted by molar-refractivity contribution is 7.04. The summed E-state index contributed by atoms with van der Waals surface area (Å²) >= 11 is 1.31. The molecule has 110 valence electrons. The van der Waals surface area contributed by atoms with Crippen molar-refractivity contribution in [3.05, 3.63) is 87.5 Å². The third-order valence-corrected chi connectivity index (χ3v) is 3.99. The number of nitrogens with zero attached hydrogens (tertiary/aromatic N) is 1. The molecule has 1 aromatic heterocycles. The lowest BCUT2D eigenvalue weighted by Crippen LogP contribution is -2.10. The van der Waals surface area contributed by atoms with Crippen molar-refractivity contribution in [3.63, 3.8) is 0 Å². The summed E-state index contributed by atoms with van der Waals surface area (Å²) in [5, 5.41) is 1.73. The number of hydrogen-bond acceptors (Lipinski definition) is 4. The summed E-state index contributed by atoms with van der Waals surface area (Å²) in [5.74, 6) is -0.381. The van der Waals surface area contributed by atoms with Crippen LogP contribution in [0.4, 0.5) is 0 Å². The van der Waals surface area contributed by atoms with Gasteiger partial charge in [0, 0.05) is 11.4 Å². The van der Waals surface area contributed by atoms with E-state index in [-0.39, 0.29) is 18.1 Å². The summed E-state index contributed by atoms with van der Waals surface area (Å²) < 4.78 is 6.82. The number of benzene rings is 2. The predicted octanol–water partition coefficient (Wildman–Crippen LogP) is 3.26. The summed E-state index contributed by atoms with van der Waals surface area (Å²) in [7, 11) is 0. The molecular weight excluding hydrogens is 298 g/mol. The molecule has 0 saturated heterocycles. The second kappa shape index (κ2) is 6.41. The van der Waals surface area contributed by atoms with Crippen molar-refractivity contribution in [2.75, 3.05) is 0 Å². The fourth-order valence-corrected chi connectivity index (χ4v) is 2.70. The van der Waals surface area contributed by atoms with E-state index in [0.717, 1.165) is 11.3 Å². The van der Waals surface area contributed by atoms with Gasteiger partial charge >= 0.3 is 5.97 Å². The number of carbonyl (C=O) groups is 1. The molecule has 0 amide bonds. The Morgan fingerprint density at radius 2 is 1.73 bits per heavy atom. The molecular formula is C17H13NO3S. The Hall–Kier alpha value is -2.66. The number of esters is 1. The summed E-state index contributed by atoms with van der Waals surface area (Å²) in [6, 6.07) is 17.8. The van der Waals surface area contributed by atoms with Crippen molar-refractivity contribution < 1.29 is 9.53 Å². The summed E-state index contributed by atoms with van der Waals surface area (Å²) in [6.07, 6.45) is 0. The van der Waals surface area contributed by atoms with Gasteiger partial charge in [-0.15, -0.1) is 0 Å². The first-order chi connectivity index (χ1) is 10.7. The van der Waals surface area contributed by atoms with Crippen LogP contribution in [0.1, 0.15) is 15.9 Å². The van der Waals surface area contributed by atoms with Crippen molar-refractivity contribution >= 4 is 17.5 Å². The van der Waals surface area contributed by atoms with Gasteiger partial charge in [0.15, 0.2) is 0 Å². The molecule has 3 rings (SSSR count). The van der Waals surface area contributed by atoms with E-state index in [1.54, 1.807) is 33.6 Å². The third-order valence-electron chi connectivity index (χ3n) is 3.13. The lowest BCUT2D eigenvalue weighted by Gasteiger charge is -2.06. The maximum Gasteiger partial charge on any atom is 0.338 e. The Kier molecular flexibility index (Phi) is 4.16. The second-order valence-corrected chi connectivity index (χ2v) is 5.50. The molecule has 0 fully saturated rings. The molecule has 0 bridgehead atoms. The van der Waals surface area contributed by atoms with Crippen molar-refractivity contribution in [3.8, 4) is 5.69 Å². The quantitative estimate of drug-likeness (QED) is 0.695. The van der Waals surface area contributed by atoms with Crippen LogP contribution in [0.25, 0.3) is 5.69 Å². The van der Waals surface area contributed by atoms with Gasteiger partial charge < -0.3 is 4.74 Å². The van der Waals surface area contributed by atoms with E-state index >= 15 is 0 Å². The number of ether oxygens (including phenoxy) is 1. The van der Waals surface area contributed by atoms with Crippen molar-refractivity contribution in [2.45, 2.75) is 6.61 Å². The maximum atomic E-state index is 12.0. The SMILES string of the molecule is O=C(OCc1ccccc1)c1ccc(-n2sccc2=O)cc1. The van der Waals surface area contributed by atoms with Crippen LogP contribution >= 0.6 is 11.5 Å². The normalized spacial score (nSPS) is 10.4. The van der Waals surface area contributed by atoms with Gasteiger partial charge in [0.05, 0.1) is 11.3 Å². The van der Waals surface area contributed by atoms with Crippen LogP contribution in [0, 0.1) is 0 Å². The molecule has 0 unspecified atom stereocenters. The molecule has 0 atom stereocenters. The molecule has 1 heterocycles. The maximum absolute atomic E-state index is 12.0. The van der Waals surface area contributed by atoms with Crippen LogP contribution in [0.3, 0.4) is 0 Å². The first kappa shape index (κ1) is 14.3. The number of rotatable bonds is 4. The van der Waals surface area contributed by atoms with E-state index in [1.807, 2.05) is 30.3 Å². The van der Waals surface area contributed by atoms with Crippen LogP contribution in [0.5, 0.6) is 0 Å². The average Bonchev–Trinajstić information content (AvgIpc) is 3.00. The molecule has 0 saturated carbocycles. The van der Waals surface area contributed by atoms with Gasteiger partial charge in [-0.2, -0.15) is 0 Å². The first-order valence-corrected chi connectivity index (χ1v) is 7.56. The Bertz CT molecular complexity index is 819. The monoisotopic (exact) mass is 311 g/mol. The van der Waals surface area contributed by atoms with Crippen LogP contribution < -0.4 is 5.56 Å². The molecule has 0 N–H and O–H groups in total. The fraction of sp³-hybridized carbons (Fsp3) is 0.0588. The summed E-state index contributed by atoms with van der Waals surface area (Å²) in [6.45, 7) is 0.242. The number of aromatic nitrogens is 1. The largest absolute Gasteiger partial charge is 0.457 e. The van der Waals surface area contributed by atoms with Crippen LogP contribution in [0.15, 0.2) is 70.8 Å². The van der Waals surface area contributed by atoms with Crippen LogP contribution in [-0.2, 0) is 11.3 Å². The Balaban J connectivity index is 1.69. The predicted molar refractivity (Wildman–Crippen MR) is 85.5 cm³/mol. The zero-order chi connectivity index (χ0) is 15.4. The molecule has 22 heavy (non-hydrogen) atoms. The Morgan fingerprint density at radius 3 is 2.36 bits per heavy atom. The standard InChI is InChI=1S/C17H13NO3S/c19-16-10-11-22-18(16)15-8-6-14(7-9-15)17(20)21-12-13-4-2-1-3-5-13/h1-11H,12H2. The van der Waals surface area contributed by atoms with Gasteiger partial charge in [0.1, 0.15) is 6.61 Å². The van der Waals surface area contributed by atoms with E-state index < -0.39 is 0 Å². The van der Waals surface area contributed by atoms with E-state index in [0.29, 0.717) is 5.56 Å². The van der Waals surface area contributed by atoms with Crippen molar-refractivity contribution in [2.24, 2.45) is 0 Å². The molecule has 5 heteroatoms. The molecule has 0 aliphatic heterocycles. The molecule has 0 aliphatic carbocycles. The van der Waals surface area contributed by atoms with Crippen molar-refractivity contribution in [1.29, 1.82) is 0 Å². The molecule has 4 nitrogen and oxygen atoms in total. The minimum Gasteiger partial charge on any atom is -0.457 e. The molecule has 0 radical (unpaired) electrons. The number of hydrogen-bond donors (Lipinski definition) is 0. The molecule has 2 aromatic carbocycles. The summed E-state index contributed by atoms with van der Waals surface area (Å²) in [4.78, 5) is 23.6. The zero-order valence-electron chi connectivity index (χ0n) is 11.6.